The zero-order valence-corrected chi connectivity index (χ0v) is 13.1. The summed E-state index contributed by atoms with van der Waals surface area (Å²) in [7, 11) is 0. The molecule has 0 aromatic heterocycles. The van der Waals surface area contributed by atoms with Gasteiger partial charge in [0.1, 0.15) is 11.9 Å². The average Bonchev–Trinajstić information content (AvgIpc) is 2.41. The lowest BCUT2D eigenvalue weighted by Gasteiger charge is -2.17. The molecular formula is C15H14Cl3NO. The Bertz CT molecular complexity index is 572. The quantitative estimate of drug-likeness (QED) is 0.778. The number of halogens is 3. The minimum atomic E-state index is -0.0376. The van der Waals surface area contributed by atoms with Gasteiger partial charge in [0.25, 0.3) is 0 Å². The summed E-state index contributed by atoms with van der Waals surface area (Å²) in [6.45, 7) is 2.62. The van der Waals surface area contributed by atoms with E-state index in [1.54, 1.807) is 18.2 Å². The third kappa shape index (κ3) is 4.48. The molecule has 2 aromatic carbocycles. The van der Waals surface area contributed by atoms with E-state index in [9.17, 15) is 0 Å². The lowest BCUT2D eigenvalue weighted by Crippen LogP contribution is -2.22. The van der Waals surface area contributed by atoms with Crippen LogP contribution in [0.15, 0.2) is 42.5 Å². The SMILES string of the molecule is CC(CNc1ccc(Cl)cc1)Oc1ccc(Cl)cc1Cl. The van der Waals surface area contributed by atoms with Gasteiger partial charge in [-0.05, 0) is 49.4 Å². The first-order chi connectivity index (χ1) is 9.54. The summed E-state index contributed by atoms with van der Waals surface area (Å²) in [6.07, 6.45) is -0.0376. The lowest BCUT2D eigenvalue weighted by atomic mass is 10.3. The Morgan fingerprint density at radius 2 is 1.65 bits per heavy atom. The minimum absolute atomic E-state index is 0.0376. The molecule has 2 rings (SSSR count). The van der Waals surface area contributed by atoms with Gasteiger partial charge in [-0.15, -0.1) is 0 Å². The number of hydrogen-bond donors (Lipinski definition) is 1. The second-order valence-electron chi connectivity index (χ2n) is 4.39. The molecule has 0 saturated heterocycles. The highest BCUT2D eigenvalue weighted by Gasteiger charge is 2.08. The highest BCUT2D eigenvalue weighted by atomic mass is 35.5. The van der Waals surface area contributed by atoms with Gasteiger partial charge in [0.15, 0.2) is 0 Å². The molecule has 0 aliphatic rings. The highest BCUT2D eigenvalue weighted by Crippen LogP contribution is 2.28. The van der Waals surface area contributed by atoms with E-state index in [2.05, 4.69) is 5.32 Å². The molecular weight excluding hydrogens is 317 g/mol. The number of nitrogens with one attached hydrogen (secondary N) is 1. The lowest BCUT2D eigenvalue weighted by molar-refractivity contribution is 0.235. The average molecular weight is 331 g/mol. The molecule has 0 bridgehead atoms. The first-order valence-electron chi connectivity index (χ1n) is 6.16. The van der Waals surface area contributed by atoms with Crippen LogP contribution >= 0.6 is 34.8 Å². The molecule has 1 unspecified atom stereocenters. The summed E-state index contributed by atoms with van der Waals surface area (Å²) in [4.78, 5) is 0. The summed E-state index contributed by atoms with van der Waals surface area (Å²) in [5.41, 5.74) is 0.993. The molecule has 2 aromatic rings. The Morgan fingerprint density at radius 3 is 2.30 bits per heavy atom. The number of ether oxygens (including phenoxy) is 1. The van der Waals surface area contributed by atoms with Crippen LogP contribution in [0.5, 0.6) is 5.75 Å². The van der Waals surface area contributed by atoms with E-state index in [0.717, 1.165) is 5.69 Å². The number of rotatable bonds is 5. The van der Waals surface area contributed by atoms with Gasteiger partial charge in [-0.25, -0.2) is 0 Å². The van der Waals surface area contributed by atoms with Crippen LogP contribution in [0.4, 0.5) is 5.69 Å². The third-order valence-electron chi connectivity index (χ3n) is 2.66. The van der Waals surface area contributed by atoms with Crippen molar-refractivity contribution >= 4 is 40.5 Å². The molecule has 0 aliphatic carbocycles. The van der Waals surface area contributed by atoms with Gasteiger partial charge < -0.3 is 10.1 Å². The predicted octanol–water partition coefficient (Wildman–Crippen LogP) is 5.53. The van der Waals surface area contributed by atoms with E-state index in [-0.39, 0.29) is 6.10 Å². The number of hydrogen-bond acceptors (Lipinski definition) is 2. The maximum absolute atomic E-state index is 6.06. The molecule has 5 heteroatoms. The first kappa shape index (κ1) is 15.3. The fourth-order valence-corrected chi connectivity index (χ4v) is 2.24. The highest BCUT2D eigenvalue weighted by molar-refractivity contribution is 6.35. The summed E-state index contributed by atoms with van der Waals surface area (Å²) < 4.78 is 5.77. The number of benzene rings is 2. The largest absolute Gasteiger partial charge is 0.487 e. The van der Waals surface area contributed by atoms with Crippen molar-refractivity contribution in [1.29, 1.82) is 0 Å². The van der Waals surface area contributed by atoms with Gasteiger partial charge in [0.2, 0.25) is 0 Å². The van der Waals surface area contributed by atoms with E-state index in [4.69, 9.17) is 39.5 Å². The van der Waals surface area contributed by atoms with E-state index < -0.39 is 0 Å². The van der Waals surface area contributed by atoms with Gasteiger partial charge in [0, 0.05) is 15.7 Å². The van der Waals surface area contributed by atoms with Gasteiger partial charge in [-0.3, -0.25) is 0 Å². The van der Waals surface area contributed by atoms with Crippen LogP contribution < -0.4 is 10.1 Å². The third-order valence-corrected chi connectivity index (χ3v) is 3.44. The van der Waals surface area contributed by atoms with Crippen LogP contribution in [0, 0.1) is 0 Å². The smallest absolute Gasteiger partial charge is 0.138 e. The van der Waals surface area contributed by atoms with Crippen molar-refractivity contribution in [2.75, 3.05) is 11.9 Å². The molecule has 0 amide bonds. The van der Waals surface area contributed by atoms with E-state index in [1.165, 1.54) is 0 Å². The molecule has 20 heavy (non-hydrogen) atoms. The van der Waals surface area contributed by atoms with Crippen molar-refractivity contribution < 1.29 is 4.74 Å². The van der Waals surface area contributed by atoms with Crippen LogP contribution in [-0.4, -0.2) is 12.6 Å². The van der Waals surface area contributed by atoms with Crippen molar-refractivity contribution in [3.05, 3.63) is 57.5 Å². The van der Waals surface area contributed by atoms with E-state index in [0.29, 0.717) is 27.4 Å². The molecule has 1 atom stereocenters. The molecule has 0 fully saturated rings. The molecule has 2 nitrogen and oxygen atoms in total. The molecule has 0 saturated carbocycles. The summed E-state index contributed by atoms with van der Waals surface area (Å²) in [5.74, 6) is 0.626. The molecule has 106 valence electrons. The topological polar surface area (TPSA) is 21.3 Å². The maximum Gasteiger partial charge on any atom is 0.138 e. The summed E-state index contributed by atoms with van der Waals surface area (Å²) in [5, 5.41) is 5.09. The van der Waals surface area contributed by atoms with E-state index >= 15 is 0 Å². The van der Waals surface area contributed by atoms with Crippen LogP contribution in [0.2, 0.25) is 15.1 Å². The van der Waals surface area contributed by atoms with Crippen LogP contribution in [-0.2, 0) is 0 Å². The van der Waals surface area contributed by atoms with E-state index in [1.807, 2.05) is 31.2 Å². The summed E-state index contributed by atoms with van der Waals surface area (Å²) >= 11 is 17.7. The zero-order chi connectivity index (χ0) is 14.5. The van der Waals surface area contributed by atoms with Gasteiger partial charge in [-0.2, -0.15) is 0 Å². The Hall–Kier alpha value is -1.09. The van der Waals surface area contributed by atoms with Crippen molar-refractivity contribution in [3.8, 4) is 5.75 Å². The van der Waals surface area contributed by atoms with Gasteiger partial charge in [-0.1, -0.05) is 34.8 Å². The Balaban J connectivity index is 1.89. The van der Waals surface area contributed by atoms with Crippen LogP contribution in [0.3, 0.4) is 0 Å². The standard InChI is InChI=1S/C15H14Cl3NO/c1-10(9-19-13-5-2-11(16)3-6-13)20-15-7-4-12(17)8-14(15)18/h2-8,10,19H,9H2,1H3. The predicted molar refractivity (Wildman–Crippen MR) is 86.5 cm³/mol. The van der Waals surface area contributed by atoms with Crippen molar-refractivity contribution in [2.24, 2.45) is 0 Å². The van der Waals surface area contributed by atoms with Gasteiger partial charge >= 0.3 is 0 Å². The first-order valence-corrected chi connectivity index (χ1v) is 7.29. The number of anilines is 1. The molecule has 0 spiro atoms. The monoisotopic (exact) mass is 329 g/mol. The molecule has 0 heterocycles. The fourth-order valence-electron chi connectivity index (χ4n) is 1.66. The Labute approximate surface area is 133 Å². The molecule has 1 N–H and O–H groups in total. The second kappa shape index (κ2) is 7.07. The molecule has 0 radical (unpaired) electrons. The van der Waals surface area contributed by atoms with Crippen molar-refractivity contribution in [1.82, 2.24) is 0 Å². The normalized spacial score (nSPS) is 12.0. The van der Waals surface area contributed by atoms with Crippen molar-refractivity contribution in [3.63, 3.8) is 0 Å². The van der Waals surface area contributed by atoms with Crippen molar-refractivity contribution in [2.45, 2.75) is 13.0 Å². The maximum atomic E-state index is 6.06. The minimum Gasteiger partial charge on any atom is -0.487 e. The fraction of sp³-hybridized carbons (Fsp3) is 0.200. The Kier molecular flexibility index (Phi) is 5.41. The van der Waals surface area contributed by atoms with Crippen LogP contribution in [0.1, 0.15) is 6.92 Å². The second-order valence-corrected chi connectivity index (χ2v) is 5.67. The van der Waals surface area contributed by atoms with Gasteiger partial charge in [0.05, 0.1) is 11.6 Å². The summed E-state index contributed by atoms with van der Waals surface area (Å²) in [6, 6.07) is 12.7. The zero-order valence-electron chi connectivity index (χ0n) is 10.9. The van der Waals surface area contributed by atoms with Crippen LogP contribution in [0.25, 0.3) is 0 Å². The molecule has 0 aliphatic heterocycles. The Morgan fingerprint density at radius 1 is 1.00 bits per heavy atom.